The van der Waals surface area contributed by atoms with Crippen molar-refractivity contribution in [2.75, 3.05) is 6.54 Å². The number of aliphatic carboxylic acids is 1. The molecule has 0 aromatic heterocycles. The lowest BCUT2D eigenvalue weighted by molar-refractivity contribution is -0.142. The summed E-state index contributed by atoms with van der Waals surface area (Å²) in [6.07, 6.45) is 0.557. The van der Waals surface area contributed by atoms with Crippen molar-refractivity contribution in [3.05, 3.63) is 34.4 Å². The van der Waals surface area contributed by atoms with E-state index in [2.05, 4.69) is 5.32 Å². The number of carboxylic acid groups (broad SMARTS) is 1. The second kappa shape index (κ2) is 7.25. The van der Waals surface area contributed by atoms with Crippen LogP contribution in [0, 0.1) is 32.6 Å². The van der Waals surface area contributed by atoms with Crippen molar-refractivity contribution >= 4 is 11.9 Å². The summed E-state index contributed by atoms with van der Waals surface area (Å²) >= 11 is 0. The van der Waals surface area contributed by atoms with E-state index < -0.39 is 11.9 Å². The van der Waals surface area contributed by atoms with Crippen LogP contribution in [0.1, 0.15) is 47.3 Å². The van der Waals surface area contributed by atoms with E-state index in [1.54, 1.807) is 0 Å². The molecule has 4 nitrogen and oxygen atoms in total. The van der Waals surface area contributed by atoms with Crippen LogP contribution in [0.3, 0.4) is 0 Å². The van der Waals surface area contributed by atoms with Crippen LogP contribution in [-0.2, 0) is 4.79 Å². The molecule has 0 saturated heterocycles. The zero-order valence-electron chi connectivity index (χ0n) is 13.5. The molecule has 0 heterocycles. The van der Waals surface area contributed by atoms with Crippen molar-refractivity contribution in [1.82, 2.24) is 5.32 Å². The summed E-state index contributed by atoms with van der Waals surface area (Å²) in [5.41, 5.74) is 3.60. The van der Waals surface area contributed by atoms with Crippen LogP contribution in [0.25, 0.3) is 0 Å². The number of hydrogen-bond donors (Lipinski definition) is 2. The van der Waals surface area contributed by atoms with Crippen molar-refractivity contribution < 1.29 is 14.7 Å². The standard InChI is InChI=1S/C17H25NO3/c1-10(2)6-14(17(20)21)9-18-16(19)15-12(4)7-11(3)8-13(15)5/h7-8,10,14H,6,9H2,1-5H3,(H,18,19)(H,20,21). The molecule has 1 aromatic carbocycles. The van der Waals surface area contributed by atoms with Gasteiger partial charge in [0.05, 0.1) is 5.92 Å². The Morgan fingerprint density at radius 2 is 1.67 bits per heavy atom. The van der Waals surface area contributed by atoms with Crippen LogP contribution in [0.2, 0.25) is 0 Å². The molecule has 0 radical (unpaired) electrons. The van der Waals surface area contributed by atoms with Crippen molar-refractivity contribution in [3.8, 4) is 0 Å². The number of carbonyl (C=O) groups excluding carboxylic acids is 1. The van der Waals surface area contributed by atoms with E-state index >= 15 is 0 Å². The van der Waals surface area contributed by atoms with Gasteiger partial charge in [0, 0.05) is 12.1 Å². The molecule has 0 spiro atoms. The highest BCUT2D eigenvalue weighted by Crippen LogP contribution is 2.17. The number of hydrogen-bond acceptors (Lipinski definition) is 2. The van der Waals surface area contributed by atoms with Gasteiger partial charge in [0.25, 0.3) is 5.91 Å². The monoisotopic (exact) mass is 291 g/mol. The molecule has 116 valence electrons. The molecule has 0 aliphatic heterocycles. The van der Waals surface area contributed by atoms with E-state index in [4.69, 9.17) is 0 Å². The molecule has 0 bridgehead atoms. The average molecular weight is 291 g/mol. The Bertz CT molecular complexity index is 512. The maximum atomic E-state index is 12.3. The minimum Gasteiger partial charge on any atom is -0.481 e. The summed E-state index contributed by atoms with van der Waals surface area (Å²) in [6.45, 7) is 9.91. The fourth-order valence-corrected chi connectivity index (χ4v) is 2.68. The van der Waals surface area contributed by atoms with Gasteiger partial charge in [0.15, 0.2) is 0 Å². The van der Waals surface area contributed by atoms with Gasteiger partial charge in [-0.2, -0.15) is 0 Å². The minimum atomic E-state index is -0.860. The molecule has 0 fully saturated rings. The molecular weight excluding hydrogens is 266 g/mol. The number of amides is 1. The molecular formula is C17H25NO3. The van der Waals surface area contributed by atoms with Crippen LogP contribution in [-0.4, -0.2) is 23.5 Å². The number of rotatable bonds is 6. The minimum absolute atomic E-state index is 0.166. The van der Waals surface area contributed by atoms with Gasteiger partial charge in [-0.3, -0.25) is 9.59 Å². The molecule has 21 heavy (non-hydrogen) atoms. The van der Waals surface area contributed by atoms with Gasteiger partial charge < -0.3 is 10.4 Å². The van der Waals surface area contributed by atoms with E-state index in [-0.39, 0.29) is 18.4 Å². The third-order valence-electron chi connectivity index (χ3n) is 3.52. The molecule has 4 heteroatoms. The van der Waals surface area contributed by atoms with Crippen LogP contribution in [0.4, 0.5) is 0 Å². The fraction of sp³-hybridized carbons (Fsp3) is 0.529. The SMILES string of the molecule is Cc1cc(C)c(C(=O)NCC(CC(C)C)C(=O)O)c(C)c1. The normalized spacial score (nSPS) is 12.3. The highest BCUT2D eigenvalue weighted by Gasteiger charge is 2.21. The quantitative estimate of drug-likeness (QED) is 0.846. The number of aryl methyl sites for hydroxylation is 3. The summed E-state index contributed by atoms with van der Waals surface area (Å²) in [7, 11) is 0. The third kappa shape index (κ3) is 4.88. The van der Waals surface area contributed by atoms with Gasteiger partial charge in [-0.1, -0.05) is 31.5 Å². The van der Waals surface area contributed by atoms with Crippen molar-refractivity contribution in [1.29, 1.82) is 0 Å². The maximum absolute atomic E-state index is 12.3. The van der Waals surface area contributed by atoms with Gasteiger partial charge in [-0.05, 0) is 44.2 Å². The summed E-state index contributed by atoms with van der Waals surface area (Å²) in [5.74, 6) is -1.31. The molecule has 0 saturated carbocycles. The number of carboxylic acids is 1. The predicted molar refractivity (Wildman–Crippen MR) is 83.6 cm³/mol. The predicted octanol–water partition coefficient (Wildman–Crippen LogP) is 3.09. The number of nitrogens with one attached hydrogen (secondary N) is 1. The summed E-state index contributed by atoms with van der Waals surface area (Å²) in [4.78, 5) is 23.5. The first kappa shape index (κ1) is 17.2. The van der Waals surface area contributed by atoms with Gasteiger partial charge in [-0.15, -0.1) is 0 Å². The second-order valence-corrected chi connectivity index (χ2v) is 6.15. The molecule has 0 aliphatic carbocycles. The van der Waals surface area contributed by atoms with Gasteiger partial charge in [0.1, 0.15) is 0 Å². The number of benzene rings is 1. The first-order valence-electron chi connectivity index (χ1n) is 7.31. The van der Waals surface area contributed by atoms with E-state index in [1.165, 1.54) is 0 Å². The summed E-state index contributed by atoms with van der Waals surface area (Å²) in [6, 6.07) is 3.93. The van der Waals surface area contributed by atoms with Crippen molar-refractivity contribution in [2.45, 2.75) is 41.0 Å². The van der Waals surface area contributed by atoms with Gasteiger partial charge in [0.2, 0.25) is 0 Å². The Morgan fingerprint density at radius 1 is 1.14 bits per heavy atom. The Labute approximate surface area is 126 Å². The topological polar surface area (TPSA) is 66.4 Å². The first-order chi connectivity index (χ1) is 9.72. The highest BCUT2D eigenvalue weighted by molar-refractivity contribution is 5.97. The Balaban J connectivity index is 2.80. The molecule has 0 aliphatic rings. The lowest BCUT2D eigenvalue weighted by Gasteiger charge is -2.17. The van der Waals surface area contributed by atoms with E-state index in [1.807, 2.05) is 46.8 Å². The van der Waals surface area contributed by atoms with Crippen LogP contribution in [0.15, 0.2) is 12.1 Å². The molecule has 1 rings (SSSR count). The average Bonchev–Trinajstić information content (AvgIpc) is 2.32. The zero-order chi connectivity index (χ0) is 16.2. The summed E-state index contributed by atoms with van der Waals surface area (Å²) < 4.78 is 0. The lowest BCUT2D eigenvalue weighted by atomic mass is 9.96. The summed E-state index contributed by atoms with van der Waals surface area (Å²) in [5, 5.41) is 12.0. The second-order valence-electron chi connectivity index (χ2n) is 6.15. The molecule has 2 N–H and O–H groups in total. The Kier molecular flexibility index (Phi) is 5.94. The third-order valence-corrected chi connectivity index (χ3v) is 3.52. The maximum Gasteiger partial charge on any atom is 0.308 e. The molecule has 1 aromatic rings. The molecule has 1 unspecified atom stereocenters. The van der Waals surface area contributed by atoms with E-state index in [0.29, 0.717) is 12.0 Å². The lowest BCUT2D eigenvalue weighted by Crippen LogP contribution is -2.34. The van der Waals surface area contributed by atoms with Crippen LogP contribution in [0.5, 0.6) is 0 Å². The van der Waals surface area contributed by atoms with E-state index in [0.717, 1.165) is 16.7 Å². The Hall–Kier alpha value is -1.84. The van der Waals surface area contributed by atoms with Crippen molar-refractivity contribution in [3.63, 3.8) is 0 Å². The number of carbonyl (C=O) groups is 2. The first-order valence-corrected chi connectivity index (χ1v) is 7.31. The highest BCUT2D eigenvalue weighted by atomic mass is 16.4. The molecule has 1 amide bonds. The van der Waals surface area contributed by atoms with Gasteiger partial charge in [-0.25, -0.2) is 0 Å². The van der Waals surface area contributed by atoms with Crippen molar-refractivity contribution in [2.24, 2.45) is 11.8 Å². The largest absolute Gasteiger partial charge is 0.481 e. The fourth-order valence-electron chi connectivity index (χ4n) is 2.68. The van der Waals surface area contributed by atoms with Gasteiger partial charge >= 0.3 is 5.97 Å². The van der Waals surface area contributed by atoms with Crippen LogP contribution >= 0.6 is 0 Å². The molecule has 1 atom stereocenters. The van der Waals surface area contributed by atoms with E-state index in [9.17, 15) is 14.7 Å². The smallest absolute Gasteiger partial charge is 0.308 e. The zero-order valence-corrected chi connectivity index (χ0v) is 13.5. The van der Waals surface area contributed by atoms with Crippen LogP contribution < -0.4 is 5.32 Å². The Morgan fingerprint density at radius 3 is 2.10 bits per heavy atom.